The van der Waals surface area contributed by atoms with Gasteiger partial charge in [-0.25, -0.2) is 4.98 Å². The Morgan fingerprint density at radius 1 is 0.750 bits per heavy atom. The van der Waals surface area contributed by atoms with Gasteiger partial charge in [-0.1, -0.05) is 60.7 Å². The fourth-order valence-corrected chi connectivity index (χ4v) is 3.22. The predicted molar refractivity (Wildman–Crippen MR) is 100 cm³/mol. The quantitative estimate of drug-likeness (QED) is 0.497. The van der Waals surface area contributed by atoms with Crippen molar-refractivity contribution in [3.05, 3.63) is 89.5 Å². The Hall–Kier alpha value is -2.87. The number of hydrogen-bond acceptors (Lipinski definition) is 1. The Bertz CT molecular complexity index is 1010. The average Bonchev–Trinajstić information content (AvgIpc) is 2.96. The maximum absolute atomic E-state index is 4.93. The van der Waals surface area contributed by atoms with Gasteiger partial charge in [-0.05, 0) is 42.7 Å². The summed E-state index contributed by atoms with van der Waals surface area (Å²) in [5.74, 6) is 1.04. The number of benzene rings is 3. The van der Waals surface area contributed by atoms with Crippen molar-refractivity contribution in [2.45, 2.75) is 20.4 Å². The van der Waals surface area contributed by atoms with Gasteiger partial charge in [0, 0.05) is 12.1 Å². The van der Waals surface area contributed by atoms with Gasteiger partial charge in [-0.3, -0.25) is 0 Å². The van der Waals surface area contributed by atoms with E-state index < -0.39 is 0 Å². The van der Waals surface area contributed by atoms with Gasteiger partial charge in [0.25, 0.3) is 0 Å². The molecule has 0 amide bonds. The van der Waals surface area contributed by atoms with Crippen LogP contribution in [-0.4, -0.2) is 9.55 Å². The molecule has 0 aliphatic carbocycles. The van der Waals surface area contributed by atoms with Gasteiger partial charge in [0.15, 0.2) is 0 Å². The Kier molecular flexibility index (Phi) is 3.66. The van der Waals surface area contributed by atoms with Crippen LogP contribution in [0.15, 0.2) is 72.8 Å². The van der Waals surface area contributed by atoms with Gasteiger partial charge in [0.05, 0.1) is 11.0 Å². The lowest BCUT2D eigenvalue weighted by atomic mass is 10.1. The zero-order valence-electron chi connectivity index (χ0n) is 14.0. The van der Waals surface area contributed by atoms with Crippen molar-refractivity contribution in [1.29, 1.82) is 0 Å². The Morgan fingerprint density at radius 3 is 2.21 bits per heavy atom. The molecule has 0 aliphatic rings. The third-order valence-corrected chi connectivity index (χ3v) is 4.63. The van der Waals surface area contributed by atoms with Crippen LogP contribution in [0.4, 0.5) is 0 Å². The molecule has 0 N–H and O–H groups in total. The Balaban J connectivity index is 1.94. The summed E-state index contributed by atoms with van der Waals surface area (Å²) in [6, 6.07) is 25.4. The second kappa shape index (κ2) is 5.97. The third kappa shape index (κ3) is 2.50. The first-order valence-electron chi connectivity index (χ1n) is 8.30. The number of fused-ring (bicyclic) bond motifs is 1. The molecule has 118 valence electrons. The number of rotatable bonds is 3. The summed E-state index contributed by atoms with van der Waals surface area (Å²) in [5.41, 5.74) is 7.31. The van der Waals surface area contributed by atoms with E-state index in [0.29, 0.717) is 0 Å². The largest absolute Gasteiger partial charge is 0.319 e. The number of aromatic nitrogens is 2. The second-order valence-electron chi connectivity index (χ2n) is 6.25. The van der Waals surface area contributed by atoms with Crippen molar-refractivity contribution in [1.82, 2.24) is 9.55 Å². The first-order chi connectivity index (χ1) is 11.7. The summed E-state index contributed by atoms with van der Waals surface area (Å²) >= 11 is 0. The molecule has 1 heterocycles. The number of aryl methyl sites for hydroxylation is 2. The molecule has 0 atom stereocenters. The molecular formula is C22H20N2. The van der Waals surface area contributed by atoms with E-state index in [1.807, 2.05) is 0 Å². The monoisotopic (exact) mass is 312 g/mol. The van der Waals surface area contributed by atoms with Crippen LogP contribution in [-0.2, 0) is 6.54 Å². The van der Waals surface area contributed by atoms with Gasteiger partial charge < -0.3 is 4.57 Å². The van der Waals surface area contributed by atoms with Gasteiger partial charge in [-0.2, -0.15) is 0 Å². The van der Waals surface area contributed by atoms with Crippen LogP contribution in [0.2, 0.25) is 0 Å². The highest BCUT2D eigenvalue weighted by atomic mass is 15.1. The predicted octanol–water partition coefficient (Wildman–Crippen LogP) is 5.37. The van der Waals surface area contributed by atoms with E-state index in [0.717, 1.165) is 17.9 Å². The van der Waals surface area contributed by atoms with Crippen LogP contribution < -0.4 is 0 Å². The molecule has 0 radical (unpaired) electrons. The molecule has 0 fully saturated rings. The van der Waals surface area contributed by atoms with Crippen LogP contribution in [0.5, 0.6) is 0 Å². The number of imidazole rings is 1. The highest BCUT2D eigenvalue weighted by Gasteiger charge is 2.14. The van der Waals surface area contributed by atoms with E-state index in [1.165, 1.54) is 27.8 Å². The van der Waals surface area contributed by atoms with Crippen molar-refractivity contribution in [2.24, 2.45) is 0 Å². The standard InChI is InChI=1S/C22H20N2/c1-16-9-3-5-11-18(16)15-24-21-14-8-7-13-20(21)23-22(24)19-12-6-4-10-17(19)2/h3-14H,15H2,1-2H3. The Labute approximate surface area is 142 Å². The summed E-state index contributed by atoms with van der Waals surface area (Å²) < 4.78 is 2.33. The minimum atomic E-state index is 0.830. The first-order valence-corrected chi connectivity index (χ1v) is 8.30. The molecule has 2 nitrogen and oxygen atoms in total. The van der Waals surface area contributed by atoms with E-state index in [4.69, 9.17) is 4.98 Å². The summed E-state index contributed by atoms with van der Waals surface area (Å²) in [5, 5.41) is 0. The van der Waals surface area contributed by atoms with E-state index in [9.17, 15) is 0 Å². The third-order valence-electron chi connectivity index (χ3n) is 4.63. The van der Waals surface area contributed by atoms with Crippen molar-refractivity contribution in [3.63, 3.8) is 0 Å². The van der Waals surface area contributed by atoms with Crippen LogP contribution >= 0.6 is 0 Å². The molecule has 0 aliphatic heterocycles. The molecule has 0 saturated heterocycles. The average molecular weight is 312 g/mol. The molecule has 24 heavy (non-hydrogen) atoms. The number of hydrogen-bond donors (Lipinski definition) is 0. The van der Waals surface area contributed by atoms with Crippen LogP contribution in [0.3, 0.4) is 0 Å². The SMILES string of the molecule is Cc1ccccc1Cn1c(-c2ccccc2C)nc2ccccc21. The molecule has 3 aromatic carbocycles. The van der Waals surface area contributed by atoms with Crippen molar-refractivity contribution < 1.29 is 0 Å². The summed E-state index contributed by atoms with van der Waals surface area (Å²) in [4.78, 5) is 4.93. The topological polar surface area (TPSA) is 17.8 Å². The maximum Gasteiger partial charge on any atom is 0.141 e. The molecule has 4 aromatic rings. The van der Waals surface area contributed by atoms with E-state index in [1.54, 1.807) is 0 Å². The van der Waals surface area contributed by atoms with E-state index in [-0.39, 0.29) is 0 Å². The highest BCUT2D eigenvalue weighted by molar-refractivity contribution is 5.81. The fraction of sp³-hybridized carbons (Fsp3) is 0.136. The molecule has 0 unspecified atom stereocenters. The zero-order valence-corrected chi connectivity index (χ0v) is 14.0. The summed E-state index contributed by atoms with van der Waals surface area (Å²) in [6.07, 6.45) is 0. The molecular weight excluding hydrogens is 292 g/mol. The van der Waals surface area contributed by atoms with Crippen LogP contribution in [0.1, 0.15) is 16.7 Å². The van der Waals surface area contributed by atoms with Crippen molar-refractivity contribution >= 4 is 11.0 Å². The lowest BCUT2D eigenvalue weighted by molar-refractivity contribution is 0.827. The summed E-state index contributed by atoms with van der Waals surface area (Å²) in [7, 11) is 0. The molecule has 2 heteroatoms. The van der Waals surface area contributed by atoms with E-state index >= 15 is 0 Å². The lowest BCUT2D eigenvalue weighted by Gasteiger charge is -2.13. The van der Waals surface area contributed by atoms with Gasteiger partial charge in [0.1, 0.15) is 5.82 Å². The van der Waals surface area contributed by atoms with Gasteiger partial charge in [-0.15, -0.1) is 0 Å². The first kappa shape index (κ1) is 14.7. The second-order valence-corrected chi connectivity index (χ2v) is 6.25. The normalized spacial score (nSPS) is 11.1. The van der Waals surface area contributed by atoms with Crippen molar-refractivity contribution in [3.8, 4) is 11.4 Å². The number of para-hydroxylation sites is 2. The smallest absolute Gasteiger partial charge is 0.141 e. The summed E-state index contributed by atoms with van der Waals surface area (Å²) in [6.45, 7) is 5.14. The zero-order chi connectivity index (χ0) is 16.5. The molecule has 1 aromatic heterocycles. The van der Waals surface area contributed by atoms with Gasteiger partial charge >= 0.3 is 0 Å². The number of nitrogens with zero attached hydrogens (tertiary/aromatic N) is 2. The van der Waals surface area contributed by atoms with Crippen molar-refractivity contribution in [2.75, 3.05) is 0 Å². The fourth-order valence-electron chi connectivity index (χ4n) is 3.22. The highest BCUT2D eigenvalue weighted by Crippen LogP contribution is 2.28. The maximum atomic E-state index is 4.93. The van der Waals surface area contributed by atoms with Crippen LogP contribution in [0.25, 0.3) is 22.4 Å². The molecule has 0 saturated carbocycles. The van der Waals surface area contributed by atoms with Crippen LogP contribution in [0, 0.1) is 13.8 Å². The Morgan fingerprint density at radius 2 is 1.42 bits per heavy atom. The molecule has 0 spiro atoms. The minimum Gasteiger partial charge on any atom is -0.319 e. The van der Waals surface area contributed by atoms with E-state index in [2.05, 4.69) is 91.2 Å². The molecule has 4 rings (SSSR count). The lowest BCUT2D eigenvalue weighted by Crippen LogP contribution is -2.04. The molecule has 0 bridgehead atoms. The minimum absolute atomic E-state index is 0.830. The van der Waals surface area contributed by atoms with Gasteiger partial charge in [0.2, 0.25) is 0 Å².